The van der Waals surface area contributed by atoms with Gasteiger partial charge >= 0.3 is 103 Å². The molecule has 0 unspecified atom stereocenters. The number of hydrogen-bond donors (Lipinski definition) is 0. The van der Waals surface area contributed by atoms with Gasteiger partial charge in [-0.25, -0.2) is 4.90 Å². The van der Waals surface area contributed by atoms with Crippen molar-refractivity contribution in [3.8, 4) is 12.3 Å². The second kappa shape index (κ2) is 9.71. The van der Waals surface area contributed by atoms with Gasteiger partial charge in [0.2, 0.25) is 0 Å². The average Bonchev–Trinajstić information content (AvgIpc) is 2.84. The summed E-state index contributed by atoms with van der Waals surface area (Å²) >= 11 is 0. The van der Waals surface area contributed by atoms with Gasteiger partial charge in [0, 0.05) is 5.56 Å². The van der Waals surface area contributed by atoms with Crippen LogP contribution in [0.25, 0.3) is 0 Å². The number of imide groups is 1. The van der Waals surface area contributed by atoms with Crippen molar-refractivity contribution in [3.63, 3.8) is 0 Å². The molecule has 122 valence electrons. The van der Waals surface area contributed by atoms with Gasteiger partial charge in [0.15, 0.2) is 0 Å². The molecule has 1 aliphatic heterocycles. The van der Waals surface area contributed by atoms with Crippen molar-refractivity contribution in [2.24, 2.45) is 0 Å². The third kappa shape index (κ3) is 4.68. The number of carbonyl (C=O) groups excluding carboxylic acids is 4. The molecule has 0 fully saturated rings. The third-order valence-electron chi connectivity index (χ3n) is 3.70. The Morgan fingerprint density at radius 3 is 1.85 bits per heavy atom. The maximum absolute atomic E-state index is 12.5. The zero-order valence-corrected chi connectivity index (χ0v) is 20.7. The first-order valence-electron chi connectivity index (χ1n) is 6.90. The van der Waals surface area contributed by atoms with Crippen molar-refractivity contribution in [1.29, 1.82) is 0 Å². The Kier molecular flexibility index (Phi) is 8.77. The second-order valence-electron chi connectivity index (χ2n) is 5.19. The number of benzene rings is 2. The van der Waals surface area contributed by atoms with Crippen molar-refractivity contribution in [2.45, 2.75) is 0 Å². The van der Waals surface area contributed by atoms with Crippen molar-refractivity contribution in [3.05, 3.63) is 64.2 Å². The van der Waals surface area contributed by atoms with E-state index in [0.717, 1.165) is 18.2 Å². The number of hydrogen-bond acceptors (Lipinski definition) is 6. The molecule has 1 heterocycles. The third-order valence-corrected chi connectivity index (χ3v) is 3.70. The van der Waals surface area contributed by atoms with E-state index in [1.165, 1.54) is 18.2 Å². The molecule has 0 spiro atoms. The van der Waals surface area contributed by atoms with Gasteiger partial charge in [0.05, 0.1) is 28.8 Å². The maximum Gasteiger partial charge on any atom is 1.00 e. The molecule has 0 radical (unpaired) electrons. The predicted octanol–water partition coefficient (Wildman–Crippen LogP) is -6.80. The SMILES string of the molecule is C#Cc1ccc2c(c1)C(=O)N(c1cc(C(=O)[O-])cc(C(=O)[O-])c1)C2=O.[K+].[K+]. The Morgan fingerprint density at radius 2 is 1.37 bits per heavy atom. The number of amides is 2. The number of carboxylic acid groups (broad SMARTS) is 2. The minimum atomic E-state index is -1.66. The molecule has 2 aromatic carbocycles. The Hall–Kier alpha value is -0.647. The average molecular weight is 411 g/mol. The maximum atomic E-state index is 12.5. The molecule has 0 bridgehead atoms. The van der Waals surface area contributed by atoms with E-state index in [0.29, 0.717) is 10.5 Å². The van der Waals surface area contributed by atoms with Crippen LogP contribution in [-0.4, -0.2) is 23.8 Å². The Labute approximate surface area is 239 Å². The zero-order valence-electron chi connectivity index (χ0n) is 14.4. The largest absolute Gasteiger partial charge is 1.00 e. The van der Waals surface area contributed by atoms with E-state index in [2.05, 4.69) is 5.92 Å². The van der Waals surface area contributed by atoms with Crippen LogP contribution in [0.2, 0.25) is 0 Å². The molecule has 0 N–H and O–H groups in total. The molecule has 0 atom stereocenters. The molecule has 0 saturated carbocycles. The quantitative estimate of drug-likeness (QED) is 0.282. The van der Waals surface area contributed by atoms with Crippen LogP contribution in [0.1, 0.15) is 47.0 Å². The van der Waals surface area contributed by atoms with E-state index in [1.54, 1.807) is 0 Å². The first-order chi connectivity index (χ1) is 11.8. The number of terminal acetylenes is 1. The summed E-state index contributed by atoms with van der Waals surface area (Å²) in [6.07, 6.45) is 5.27. The van der Waals surface area contributed by atoms with Gasteiger partial charge in [0.1, 0.15) is 0 Å². The number of aromatic carboxylic acids is 2. The summed E-state index contributed by atoms with van der Waals surface area (Å²) in [7, 11) is 0. The summed E-state index contributed by atoms with van der Waals surface area (Å²) in [5.74, 6) is -2.43. The van der Waals surface area contributed by atoms with Crippen LogP contribution < -0.4 is 118 Å². The molecule has 0 aromatic heterocycles. The molecule has 1 aliphatic rings. The summed E-state index contributed by atoms with van der Waals surface area (Å²) < 4.78 is 0. The van der Waals surface area contributed by atoms with E-state index in [4.69, 9.17) is 6.42 Å². The number of carbonyl (C=O) groups is 4. The second-order valence-corrected chi connectivity index (χ2v) is 5.19. The fourth-order valence-electron chi connectivity index (χ4n) is 2.54. The molecule has 0 saturated heterocycles. The van der Waals surface area contributed by atoms with E-state index in [-0.39, 0.29) is 120 Å². The van der Waals surface area contributed by atoms with Gasteiger partial charge in [-0.05, 0) is 47.5 Å². The molecule has 7 nitrogen and oxygen atoms in total. The van der Waals surface area contributed by atoms with Crippen LogP contribution >= 0.6 is 0 Å². The van der Waals surface area contributed by atoms with Crippen molar-refractivity contribution >= 4 is 29.4 Å². The number of rotatable bonds is 3. The number of carboxylic acids is 2. The number of anilines is 1. The fourth-order valence-corrected chi connectivity index (χ4v) is 2.54. The van der Waals surface area contributed by atoms with E-state index >= 15 is 0 Å². The first-order valence-corrected chi connectivity index (χ1v) is 6.90. The zero-order chi connectivity index (χ0) is 18.3. The van der Waals surface area contributed by atoms with E-state index < -0.39 is 34.9 Å². The monoisotopic (exact) mass is 411 g/mol. The van der Waals surface area contributed by atoms with Crippen LogP contribution in [-0.2, 0) is 0 Å². The van der Waals surface area contributed by atoms with Crippen LogP contribution in [0.15, 0.2) is 36.4 Å². The van der Waals surface area contributed by atoms with Crippen molar-refractivity contribution < 1.29 is 132 Å². The van der Waals surface area contributed by atoms with E-state index in [9.17, 15) is 29.4 Å². The number of nitrogens with zero attached hydrogens (tertiary/aromatic N) is 1. The van der Waals surface area contributed by atoms with Crippen molar-refractivity contribution in [2.75, 3.05) is 4.90 Å². The van der Waals surface area contributed by atoms with Crippen LogP contribution in [0.5, 0.6) is 0 Å². The summed E-state index contributed by atoms with van der Waals surface area (Å²) in [6, 6.07) is 7.00. The molecular weight excluding hydrogens is 404 g/mol. The van der Waals surface area contributed by atoms with Crippen molar-refractivity contribution in [1.82, 2.24) is 0 Å². The number of fused-ring (bicyclic) bond motifs is 1. The normalized spacial score (nSPS) is 11.7. The molecule has 3 rings (SSSR count). The molecule has 9 heteroatoms. The van der Waals surface area contributed by atoms with Gasteiger partial charge in [-0.2, -0.15) is 0 Å². The van der Waals surface area contributed by atoms with Gasteiger partial charge in [-0.15, -0.1) is 6.42 Å². The topological polar surface area (TPSA) is 118 Å². The molecular formula is C18H7K2NO6. The summed E-state index contributed by atoms with van der Waals surface area (Å²) in [4.78, 5) is 47.9. The standard InChI is InChI=1S/C18H9NO6.2K/c1-2-9-3-4-13-14(5-9)16(21)19(15(13)20)12-7-10(17(22)23)6-11(8-12)18(24)25;;/h1,3-8H,(H,22,23)(H,24,25);;/q;2*+1/p-2. The van der Waals surface area contributed by atoms with E-state index in [1.807, 2.05) is 0 Å². The van der Waals surface area contributed by atoms with Gasteiger partial charge in [0.25, 0.3) is 11.8 Å². The van der Waals surface area contributed by atoms with Gasteiger partial charge in [-0.3, -0.25) is 9.59 Å². The molecule has 2 amide bonds. The van der Waals surface area contributed by atoms with Gasteiger partial charge in [-0.1, -0.05) is 5.92 Å². The summed E-state index contributed by atoms with van der Waals surface area (Å²) in [5.41, 5.74) is -0.697. The first kappa shape index (κ1) is 24.4. The van der Waals surface area contributed by atoms with Gasteiger partial charge < -0.3 is 19.8 Å². The fraction of sp³-hybridized carbons (Fsp3) is 0. The minimum absolute atomic E-state index is 0. The van der Waals surface area contributed by atoms with Crippen LogP contribution in [0, 0.1) is 12.3 Å². The summed E-state index contributed by atoms with van der Waals surface area (Å²) in [6.45, 7) is 0. The molecule has 27 heavy (non-hydrogen) atoms. The predicted molar refractivity (Wildman–Crippen MR) is 80.6 cm³/mol. The van der Waals surface area contributed by atoms with Crippen LogP contribution in [0.4, 0.5) is 5.69 Å². The Balaban J connectivity index is 0.00000182. The Morgan fingerprint density at radius 1 is 0.852 bits per heavy atom. The summed E-state index contributed by atoms with van der Waals surface area (Å²) in [5, 5.41) is 22.1. The van der Waals surface area contributed by atoms with Crippen LogP contribution in [0.3, 0.4) is 0 Å². The molecule has 0 aliphatic carbocycles. The Bertz CT molecular complexity index is 993. The minimum Gasteiger partial charge on any atom is -0.545 e. The molecule has 2 aromatic rings. The smallest absolute Gasteiger partial charge is 0.545 e.